The summed E-state index contributed by atoms with van der Waals surface area (Å²) < 4.78 is 5.39. The summed E-state index contributed by atoms with van der Waals surface area (Å²) in [7, 11) is 1.12. The van der Waals surface area contributed by atoms with Gasteiger partial charge in [0, 0.05) is 13.2 Å². The van der Waals surface area contributed by atoms with Crippen LogP contribution in [-0.2, 0) is 4.74 Å². The van der Waals surface area contributed by atoms with Crippen molar-refractivity contribution in [2.24, 2.45) is 5.73 Å². The molecular weight excluding hydrogens is 181 g/mol. The maximum Gasteiger partial charge on any atom is 0.0469 e. The van der Waals surface area contributed by atoms with Gasteiger partial charge in [0.25, 0.3) is 0 Å². The minimum atomic E-state index is 0.851. The molecular formula is C10H24NOP. The lowest BCUT2D eigenvalue weighted by Gasteiger charge is -2.02. The first-order valence-electron chi connectivity index (χ1n) is 5.40. The molecule has 0 aromatic heterocycles. The molecule has 2 N–H and O–H groups in total. The van der Waals surface area contributed by atoms with Crippen molar-refractivity contribution in [3.63, 3.8) is 0 Å². The van der Waals surface area contributed by atoms with Crippen molar-refractivity contribution in [1.29, 1.82) is 0 Å². The number of hydrogen-bond acceptors (Lipinski definition) is 2. The van der Waals surface area contributed by atoms with Gasteiger partial charge in [0.2, 0.25) is 0 Å². The third-order valence-electron chi connectivity index (χ3n) is 1.80. The number of nitrogens with two attached hydrogens (primary N) is 1. The summed E-state index contributed by atoms with van der Waals surface area (Å²) in [6, 6.07) is 0. The van der Waals surface area contributed by atoms with Crippen molar-refractivity contribution in [3.05, 3.63) is 0 Å². The van der Waals surface area contributed by atoms with E-state index in [4.69, 9.17) is 10.5 Å². The van der Waals surface area contributed by atoms with Crippen LogP contribution in [0, 0.1) is 0 Å². The van der Waals surface area contributed by atoms with Gasteiger partial charge in [-0.25, -0.2) is 0 Å². The molecule has 13 heavy (non-hydrogen) atoms. The van der Waals surface area contributed by atoms with E-state index in [1.54, 1.807) is 0 Å². The number of rotatable bonds is 10. The Kier molecular flexibility index (Phi) is 12.7. The van der Waals surface area contributed by atoms with Crippen LogP contribution in [0.3, 0.4) is 0 Å². The summed E-state index contributed by atoms with van der Waals surface area (Å²) in [5, 5.41) is 0. The highest BCUT2D eigenvalue weighted by Gasteiger charge is 1.90. The molecule has 0 aliphatic heterocycles. The van der Waals surface area contributed by atoms with Crippen LogP contribution in [0.5, 0.6) is 0 Å². The summed E-state index contributed by atoms with van der Waals surface area (Å²) in [6.07, 6.45) is 7.59. The minimum Gasteiger partial charge on any atom is -0.381 e. The van der Waals surface area contributed by atoms with Gasteiger partial charge in [0.15, 0.2) is 0 Å². The van der Waals surface area contributed by atoms with Gasteiger partial charge < -0.3 is 10.5 Å². The Morgan fingerprint density at radius 3 is 2.54 bits per heavy atom. The minimum absolute atomic E-state index is 0.851. The molecule has 0 aromatic rings. The third-order valence-corrected chi connectivity index (χ3v) is 3.21. The highest BCUT2D eigenvalue weighted by Crippen LogP contribution is 2.13. The van der Waals surface area contributed by atoms with E-state index in [9.17, 15) is 0 Å². The third kappa shape index (κ3) is 12.4. The van der Waals surface area contributed by atoms with Gasteiger partial charge >= 0.3 is 0 Å². The summed E-state index contributed by atoms with van der Waals surface area (Å²) in [5.74, 6) is 0. The number of hydrogen-bond donors (Lipinski definition) is 1. The summed E-state index contributed by atoms with van der Waals surface area (Å²) >= 11 is 0. The molecule has 0 rings (SSSR count). The molecule has 0 fully saturated rings. The van der Waals surface area contributed by atoms with E-state index in [1.165, 1.54) is 31.6 Å². The van der Waals surface area contributed by atoms with E-state index in [0.29, 0.717) is 0 Å². The van der Waals surface area contributed by atoms with Crippen molar-refractivity contribution in [1.82, 2.24) is 0 Å². The molecule has 3 heteroatoms. The van der Waals surface area contributed by atoms with E-state index < -0.39 is 0 Å². The van der Waals surface area contributed by atoms with Crippen molar-refractivity contribution in [2.45, 2.75) is 32.6 Å². The van der Waals surface area contributed by atoms with E-state index in [-0.39, 0.29) is 0 Å². The predicted octanol–water partition coefficient (Wildman–Crippen LogP) is 2.22. The molecule has 0 saturated heterocycles. The lowest BCUT2D eigenvalue weighted by Crippen LogP contribution is -1.99. The fourth-order valence-electron chi connectivity index (χ4n) is 1.06. The second-order valence-electron chi connectivity index (χ2n) is 3.21. The highest BCUT2D eigenvalue weighted by atomic mass is 31.1. The zero-order chi connectivity index (χ0) is 9.78. The van der Waals surface area contributed by atoms with E-state index in [1.807, 2.05) is 0 Å². The SMILES string of the molecule is CCCOCCCPCCCCN. The monoisotopic (exact) mass is 205 g/mol. The standard InChI is InChI=1S/C10H24NOP/c1-2-7-12-8-5-10-13-9-4-3-6-11/h13H,2-11H2,1H3. The average molecular weight is 205 g/mol. The van der Waals surface area contributed by atoms with Gasteiger partial charge in [-0.1, -0.05) is 6.92 Å². The molecule has 0 bridgehead atoms. The highest BCUT2D eigenvalue weighted by molar-refractivity contribution is 7.37. The van der Waals surface area contributed by atoms with Crippen molar-refractivity contribution >= 4 is 8.58 Å². The first-order valence-corrected chi connectivity index (χ1v) is 6.81. The molecule has 0 heterocycles. The van der Waals surface area contributed by atoms with Gasteiger partial charge in [-0.2, -0.15) is 0 Å². The molecule has 0 aliphatic rings. The molecule has 0 radical (unpaired) electrons. The first kappa shape index (κ1) is 13.4. The van der Waals surface area contributed by atoms with Crippen LogP contribution in [-0.4, -0.2) is 32.1 Å². The van der Waals surface area contributed by atoms with Gasteiger partial charge in [-0.05, 0) is 44.6 Å². The zero-order valence-electron chi connectivity index (χ0n) is 8.85. The van der Waals surface area contributed by atoms with Crippen molar-refractivity contribution < 1.29 is 4.74 Å². The Balaban J connectivity index is 2.76. The molecule has 0 aromatic carbocycles. The van der Waals surface area contributed by atoms with E-state index >= 15 is 0 Å². The molecule has 80 valence electrons. The van der Waals surface area contributed by atoms with E-state index in [2.05, 4.69) is 6.92 Å². The second kappa shape index (κ2) is 12.3. The molecule has 1 unspecified atom stereocenters. The summed E-state index contributed by atoms with van der Waals surface area (Å²) in [5.41, 5.74) is 5.41. The Bertz CT molecular complexity index is 81.0. The largest absolute Gasteiger partial charge is 0.381 e. The Morgan fingerprint density at radius 1 is 1.08 bits per heavy atom. The molecule has 0 aliphatic carbocycles. The molecule has 0 spiro atoms. The number of unbranched alkanes of at least 4 members (excludes halogenated alkanes) is 1. The van der Waals surface area contributed by atoms with Crippen LogP contribution in [0.4, 0.5) is 0 Å². The van der Waals surface area contributed by atoms with Crippen LogP contribution in [0.1, 0.15) is 32.6 Å². The number of ether oxygens (including phenoxy) is 1. The quantitative estimate of drug-likeness (QED) is 0.438. The molecule has 1 atom stereocenters. The first-order chi connectivity index (χ1) is 6.41. The smallest absolute Gasteiger partial charge is 0.0469 e. The lowest BCUT2D eigenvalue weighted by atomic mass is 10.3. The molecule has 0 saturated carbocycles. The Morgan fingerprint density at radius 2 is 1.85 bits per heavy atom. The normalized spacial score (nSPS) is 11.5. The Hall–Kier alpha value is 0.350. The maximum absolute atomic E-state index is 5.41. The topological polar surface area (TPSA) is 35.2 Å². The van der Waals surface area contributed by atoms with Crippen LogP contribution in [0.15, 0.2) is 0 Å². The van der Waals surface area contributed by atoms with Gasteiger partial charge in [-0.3, -0.25) is 0 Å². The lowest BCUT2D eigenvalue weighted by molar-refractivity contribution is 0.136. The van der Waals surface area contributed by atoms with Crippen LogP contribution < -0.4 is 5.73 Å². The summed E-state index contributed by atoms with van der Waals surface area (Å²) in [4.78, 5) is 0. The second-order valence-corrected chi connectivity index (χ2v) is 4.71. The van der Waals surface area contributed by atoms with Crippen LogP contribution >= 0.6 is 8.58 Å². The fourth-order valence-corrected chi connectivity index (χ4v) is 2.21. The molecule has 0 amide bonds. The molecule has 2 nitrogen and oxygen atoms in total. The Labute approximate surface area is 84.4 Å². The van der Waals surface area contributed by atoms with Crippen LogP contribution in [0.2, 0.25) is 0 Å². The maximum atomic E-state index is 5.41. The predicted molar refractivity (Wildman–Crippen MR) is 62.1 cm³/mol. The fraction of sp³-hybridized carbons (Fsp3) is 1.00. The van der Waals surface area contributed by atoms with Crippen LogP contribution in [0.25, 0.3) is 0 Å². The van der Waals surface area contributed by atoms with Gasteiger partial charge in [0.05, 0.1) is 0 Å². The van der Waals surface area contributed by atoms with Crippen molar-refractivity contribution in [2.75, 3.05) is 32.1 Å². The average Bonchev–Trinajstić information content (AvgIpc) is 2.16. The van der Waals surface area contributed by atoms with Crippen molar-refractivity contribution in [3.8, 4) is 0 Å². The zero-order valence-corrected chi connectivity index (χ0v) is 9.85. The van der Waals surface area contributed by atoms with Gasteiger partial charge in [0.1, 0.15) is 0 Å². The van der Waals surface area contributed by atoms with E-state index in [0.717, 1.165) is 34.8 Å². The van der Waals surface area contributed by atoms with Gasteiger partial charge in [-0.15, -0.1) is 8.58 Å². The summed E-state index contributed by atoms with van der Waals surface area (Å²) in [6.45, 7) is 4.88.